The number of carbonyl (C=O) groups excluding carboxylic acids is 1. The zero-order valence-corrected chi connectivity index (χ0v) is 11.5. The fourth-order valence-corrected chi connectivity index (χ4v) is 1.51. The summed E-state index contributed by atoms with van der Waals surface area (Å²) in [6.07, 6.45) is 2.23. The van der Waals surface area contributed by atoms with Gasteiger partial charge in [0.2, 0.25) is 5.91 Å². The Balaban J connectivity index is 2.15. The number of nitrogens with one attached hydrogen (secondary N) is 1. The Morgan fingerprint density at radius 2 is 2.00 bits per heavy atom. The topological polar surface area (TPSA) is 38.3 Å². The van der Waals surface area contributed by atoms with Crippen molar-refractivity contribution < 1.29 is 9.53 Å². The summed E-state index contributed by atoms with van der Waals surface area (Å²) in [5.74, 6) is 0.972. The second-order valence-electron chi connectivity index (χ2n) is 4.64. The quantitative estimate of drug-likeness (QED) is 0.754. The molecule has 0 aliphatic rings. The van der Waals surface area contributed by atoms with Crippen molar-refractivity contribution in [2.45, 2.75) is 46.1 Å². The second-order valence-corrected chi connectivity index (χ2v) is 4.64. The largest absolute Gasteiger partial charge is 0.494 e. The summed E-state index contributed by atoms with van der Waals surface area (Å²) in [5, 5.41) is 2.94. The van der Waals surface area contributed by atoms with Gasteiger partial charge in [0.25, 0.3) is 0 Å². The highest BCUT2D eigenvalue weighted by molar-refractivity contribution is 5.76. The predicted octanol–water partition coefficient (Wildman–Crippen LogP) is 3.07. The molecule has 100 valence electrons. The SMILES string of the molecule is CCC(C)NC(=O)CCCOc1ccc(C)cc1. The Labute approximate surface area is 110 Å². The molecular formula is C15H23NO2. The van der Waals surface area contributed by atoms with E-state index in [4.69, 9.17) is 4.74 Å². The van der Waals surface area contributed by atoms with Crippen LogP contribution in [-0.4, -0.2) is 18.6 Å². The van der Waals surface area contributed by atoms with Crippen LogP contribution in [0.4, 0.5) is 0 Å². The molecule has 0 aliphatic carbocycles. The molecule has 1 aromatic rings. The molecule has 0 spiro atoms. The van der Waals surface area contributed by atoms with Gasteiger partial charge in [0.15, 0.2) is 0 Å². The van der Waals surface area contributed by atoms with E-state index in [9.17, 15) is 4.79 Å². The van der Waals surface area contributed by atoms with E-state index >= 15 is 0 Å². The summed E-state index contributed by atoms with van der Waals surface area (Å²) in [6.45, 7) is 6.70. The Bertz CT molecular complexity index is 359. The third kappa shape index (κ3) is 5.71. The molecule has 0 aromatic heterocycles. The van der Waals surface area contributed by atoms with Gasteiger partial charge in [0.1, 0.15) is 5.75 Å². The van der Waals surface area contributed by atoms with Crippen molar-refractivity contribution in [3.63, 3.8) is 0 Å². The van der Waals surface area contributed by atoms with E-state index in [0.29, 0.717) is 13.0 Å². The zero-order chi connectivity index (χ0) is 13.4. The first-order valence-electron chi connectivity index (χ1n) is 6.60. The number of ether oxygens (including phenoxy) is 1. The summed E-state index contributed by atoms with van der Waals surface area (Å²) in [4.78, 5) is 11.5. The Hall–Kier alpha value is -1.51. The zero-order valence-electron chi connectivity index (χ0n) is 11.5. The lowest BCUT2D eigenvalue weighted by Gasteiger charge is -2.11. The molecule has 0 bridgehead atoms. The van der Waals surface area contributed by atoms with Crippen LogP contribution >= 0.6 is 0 Å². The molecular weight excluding hydrogens is 226 g/mol. The second kappa shape index (κ2) is 7.75. The number of hydrogen-bond acceptors (Lipinski definition) is 2. The lowest BCUT2D eigenvalue weighted by molar-refractivity contribution is -0.121. The average Bonchev–Trinajstić information content (AvgIpc) is 2.36. The number of amides is 1. The first kappa shape index (κ1) is 14.6. The molecule has 1 amide bonds. The maximum atomic E-state index is 11.5. The molecule has 1 aromatic carbocycles. The van der Waals surface area contributed by atoms with Crippen LogP contribution in [0.25, 0.3) is 0 Å². The van der Waals surface area contributed by atoms with Crippen molar-refractivity contribution in [2.24, 2.45) is 0 Å². The minimum atomic E-state index is 0.108. The Morgan fingerprint density at radius 3 is 2.61 bits per heavy atom. The van der Waals surface area contributed by atoms with E-state index in [1.807, 2.05) is 38.1 Å². The van der Waals surface area contributed by atoms with Gasteiger partial charge >= 0.3 is 0 Å². The van der Waals surface area contributed by atoms with Crippen LogP contribution in [0.1, 0.15) is 38.7 Å². The maximum Gasteiger partial charge on any atom is 0.220 e. The van der Waals surface area contributed by atoms with Crippen LogP contribution in [-0.2, 0) is 4.79 Å². The molecule has 1 N–H and O–H groups in total. The fourth-order valence-electron chi connectivity index (χ4n) is 1.51. The van der Waals surface area contributed by atoms with E-state index in [2.05, 4.69) is 12.2 Å². The molecule has 0 aliphatic heterocycles. The highest BCUT2D eigenvalue weighted by Gasteiger charge is 2.04. The average molecular weight is 249 g/mol. The minimum Gasteiger partial charge on any atom is -0.494 e. The maximum absolute atomic E-state index is 11.5. The third-order valence-corrected chi connectivity index (χ3v) is 2.86. The van der Waals surface area contributed by atoms with Crippen molar-refractivity contribution >= 4 is 5.91 Å². The lowest BCUT2D eigenvalue weighted by Crippen LogP contribution is -2.31. The molecule has 0 fully saturated rings. The molecule has 1 unspecified atom stereocenters. The highest BCUT2D eigenvalue weighted by atomic mass is 16.5. The number of benzene rings is 1. The van der Waals surface area contributed by atoms with Gasteiger partial charge in [-0.2, -0.15) is 0 Å². The van der Waals surface area contributed by atoms with Gasteiger partial charge in [-0.3, -0.25) is 4.79 Å². The van der Waals surface area contributed by atoms with Gasteiger partial charge in [-0.25, -0.2) is 0 Å². The van der Waals surface area contributed by atoms with E-state index in [1.165, 1.54) is 5.56 Å². The first-order chi connectivity index (χ1) is 8.61. The number of rotatable bonds is 7. The molecule has 0 heterocycles. The lowest BCUT2D eigenvalue weighted by atomic mass is 10.2. The third-order valence-electron chi connectivity index (χ3n) is 2.86. The number of carbonyl (C=O) groups is 1. The first-order valence-corrected chi connectivity index (χ1v) is 6.60. The smallest absolute Gasteiger partial charge is 0.220 e. The van der Waals surface area contributed by atoms with Crippen LogP contribution < -0.4 is 10.1 Å². The van der Waals surface area contributed by atoms with Crippen LogP contribution in [0.3, 0.4) is 0 Å². The van der Waals surface area contributed by atoms with Crippen molar-refractivity contribution in [2.75, 3.05) is 6.61 Å². The molecule has 0 saturated carbocycles. The van der Waals surface area contributed by atoms with Crippen LogP contribution in [0.15, 0.2) is 24.3 Å². The Kier molecular flexibility index (Phi) is 6.26. The van der Waals surface area contributed by atoms with Gasteiger partial charge in [-0.05, 0) is 38.8 Å². The minimum absolute atomic E-state index is 0.108. The van der Waals surface area contributed by atoms with Crippen molar-refractivity contribution in [3.8, 4) is 5.75 Å². The van der Waals surface area contributed by atoms with Crippen molar-refractivity contribution in [3.05, 3.63) is 29.8 Å². The van der Waals surface area contributed by atoms with Gasteiger partial charge in [0.05, 0.1) is 6.61 Å². The van der Waals surface area contributed by atoms with E-state index < -0.39 is 0 Å². The van der Waals surface area contributed by atoms with Gasteiger partial charge in [-0.15, -0.1) is 0 Å². The summed E-state index contributed by atoms with van der Waals surface area (Å²) < 4.78 is 5.56. The summed E-state index contributed by atoms with van der Waals surface area (Å²) in [6, 6.07) is 8.20. The van der Waals surface area contributed by atoms with Crippen molar-refractivity contribution in [1.29, 1.82) is 0 Å². The summed E-state index contributed by atoms with van der Waals surface area (Å²) in [7, 11) is 0. The normalized spacial score (nSPS) is 11.9. The van der Waals surface area contributed by atoms with Crippen LogP contribution in [0.2, 0.25) is 0 Å². The molecule has 1 atom stereocenters. The monoisotopic (exact) mass is 249 g/mol. The van der Waals surface area contributed by atoms with Crippen LogP contribution in [0.5, 0.6) is 5.75 Å². The molecule has 0 radical (unpaired) electrons. The molecule has 0 saturated heterocycles. The van der Waals surface area contributed by atoms with Gasteiger partial charge < -0.3 is 10.1 Å². The molecule has 18 heavy (non-hydrogen) atoms. The standard InChI is InChI=1S/C15H23NO2/c1-4-13(3)16-15(17)6-5-11-18-14-9-7-12(2)8-10-14/h7-10,13H,4-6,11H2,1-3H3,(H,16,17). The summed E-state index contributed by atoms with van der Waals surface area (Å²) in [5.41, 5.74) is 1.22. The predicted molar refractivity (Wildman–Crippen MR) is 73.8 cm³/mol. The van der Waals surface area contributed by atoms with E-state index in [-0.39, 0.29) is 11.9 Å². The van der Waals surface area contributed by atoms with Gasteiger partial charge in [-0.1, -0.05) is 24.6 Å². The molecule has 3 heteroatoms. The molecule has 3 nitrogen and oxygen atoms in total. The van der Waals surface area contributed by atoms with E-state index in [0.717, 1.165) is 18.6 Å². The van der Waals surface area contributed by atoms with Crippen molar-refractivity contribution in [1.82, 2.24) is 5.32 Å². The summed E-state index contributed by atoms with van der Waals surface area (Å²) >= 11 is 0. The highest BCUT2D eigenvalue weighted by Crippen LogP contribution is 2.11. The molecule has 1 rings (SSSR count). The van der Waals surface area contributed by atoms with E-state index in [1.54, 1.807) is 0 Å². The number of hydrogen-bond donors (Lipinski definition) is 1. The Morgan fingerprint density at radius 1 is 1.33 bits per heavy atom. The van der Waals surface area contributed by atoms with Gasteiger partial charge in [0, 0.05) is 12.5 Å². The number of aryl methyl sites for hydroxylation is 1. The fraction of sp³-hybridized carbons (Fsp3) is 0.533. The van der Waals surface area contributed by atoms with Crippen LogP contribution in [0, 0.1) is 6.92 Å².